The van der Waals surface area contributed by atoms with E-state index in [1.54, 1.807) is 0 Å². The number of aryl methyl sites for hydroxylation is 1. The summed E-state index contributed by atoms with van der Waals surface area (Å²) in [6.07, 6.45) is 0. The molecule has 2 rings (SSSR count). The molecule has 0 aliphatic carbocycles. The second kappa shape index (κ2) is 4.23. The van der Waals surface area contributed by atoms with Gasteiger partial charge in [0.2, 0.25) is 5.91 Å². The molecule has 86 valence electrons. The van der Waals surface area contributed by atoms with E-state index in [1.807, 2.05) is 31.2 Å². The number of nitrogens with one attached hydrogen (secondary N) is 1. The fourth-order valence-corrected chi connectivity index (χ4v) is 1.54. The van der Waals surface area contributed by atoms with Gasteiger partial charge < -0.3 is 15.2 Å². The molecule has 0 unspecified atom stereocenters. The fourth-order valence-electron chi connectivity index (χ4n) is 1.54. The molecule has 1 fully saturated rings. The van der Waals surface area contributed by atoms with Gasteiger partial charge in [-0.05, 0) is 19.1 Å². The van der Waals surface area contributed by atoms with Crippen LogP contribution in [0.25, 0.3) is 0 Å². The molecular formula is C12H15NO3. The molecule has 2 N–H and O–H groups in total. The summed E-state index contributed by atoms with van der Waals surface area (Å²) >= 11 is 0. The minimum absolute atomic E-state index is 0.176. The second-order valence-electron chi connectivity index (χ2n) is 4.25. The topological polar surface area (TPSA) is 58.6 Å². The van der Waals surface area contributed by atoms with E-state index in [9.17, 15) is 9.90 Å². The van der Waals surface area contributed by atoms with E-state index in [0.717, 1.165) is 11.3 Å². The molecule has 4 nitrogen and oxygen atoms in total. The highest BCUT2D eigenvalue weighted by Gasteiger charge is 2.45. The lowest BCUT2D eigenvalue weighted by Gasteiger charge is -2.37. The summed E-state index contributed by atoms with van der Waals surface area (Å²) < 4.78 is 4.99. The van der Waals surface area contributed by atoms with E-state index in [4.69, 9.17) is 4.74 Å². The molecule has 1 aliphatic heterocycles. The van der Waals surface area contributed by atoms with Crippen molar-refractivity contribution in [1.82, 2.24) is 0 Å². The van der Waals surface area contributed by atoms with E-state index in [1.165, 1.54) is 0 Å². The number of carbonyl (C=O) groups excluding carboxylic acids is 1. The second-order valence-corrected chi connectivity index (χ2v) is 4.25. The number of hydrogen-bond donors (Lipinski definition) is 2. The Morgan fingerprint density at radius 3 is 2.50 bits per heavy atom. The quantitative estimate of drug-likeness (QED) is 0.798. The Morgan fingerprint density at radius 2 is 2.06 bits per heavy atom. The van der Waals surface area contributed by atoms with Crippen LogP contribution in [0, 0.1) is 12.3 Å². The first kappa shape index (κ1) is 11.1. The van der Waals surface area contributed by atoms with E-state index in [0.29, 0.717) is 13.2 Å². The van der Waals surface area contributed by atoms with Crippen LogP contribution in [0.4, 0.5) is 5.69 Å². The molecule has 1 heterocycles. The average molecular weight is 221 g/mol. The summed E-state index contributed by atoms with van der Waals surface area (Å²) in [5.41, 5.74) is 1.14. The van der Waals surface area contributed by atoms with Crippen molar-refractivity contribution in [2.45, 2.75) is 6.92 Å². The summed E-state index contributed by atoms with van der Waals surface area (Å²) in [4.78, 5) is 11.9. The lowest BCUT2D eigenvalue weighted by molar-refractivity contribution is -0.164. The zero-order valence-electron chi connectivity index (χ0n) is 9.19. The molecule has 1 aromatic carbocycles. The van der Waals surface area contributed by atoms with Crippen molar-refractivity contribution < 1.29 is 14.6 Å². The Labute approximate surface area is 94.2 Å². The number of rotatable bonds is 3. The normalized spacial score (nSPS) is 17.6. The number of hydrogen-bond acceptors (Lipinski definition) is 3. The van der Waals surface area contributed by atoms with Crippen molar-refractivity contribution in [1.29, 1.82) is 0 Å². The molecule has 0 radical (unpaired) electrons. The van der Waals surface area contributed by atoms with Crippen LogP contribution in [0.5, 0.6) is 0 Å². The standard InChI is InChI=1S/C12H15NO3/c1-9-2-4-10(5-3-9)13-11(15)12(6-14)7-16-8-12/h2-5,14H,6-8H2,1H3,(H,13,15). The van der Waals surface area contributed by atoms with Gasteiger partial charge in [-0.15, -0.1) is 0 Å². The summed E-state index contributed by atoms with van der Waals surface area (Å²) in [5, 5.41) is 12.0. The van der Waals surface area contributed by atoms with E-state index >= 15 is 0 Å². The Hall–Kier alpha value is -1.39. The third-order valence-electron chi connectivity index (χ3n) is 2.85. The van der Waals surface area contributed by atoms with Gasteiger partial charge in [0.25, 0.3) is 0 Å². The minimum atomic E-state index is -0.745. The van der Waals surface area contributed by atoms with Gasteiger partial charge in [0.15, 0.2) is 0 Å². The predicted octanol–water partition coefficient (Wildman–Crippen LogP) is 0.942. The van der Waals surface area contributed by atoms with Crippen molar-refractivity contribution in [3.05, 3.63) is 29.8 Å². The number of ether oxygens (including phenoxy) is 1. The average Bonchev–Trinajstić information content (AvgIpc) is 2.21. The molecule has 0 aromatic heterocycles. The number of aliphatic hydroxyl groups excluding tert-OH is 1. The van der Waals surface area contributed by atoms with Crippen molar-refractivity contribution in [2.24, 2.45) is 5.41 Å². The fraction of sp³-hybridized carbons (Fsp3) is 0.417. The smallest absolute Gasteiger partial charge is 0.237 e. The highest BCUT2D eigenvalue weighted by atomic mass is 16.5. The van der Waals surface area contributed by atoms with Crippen LogP contribution < -0.4 is 5.32 Å². The maximum absolute atomic E-state index is 11.9. The molecule has 16 heavy (non-hydrogen) atoms. The van der Waals surface area contributed by atoms with Gasteiger partial charge in [-0.1, -0.05) is 17.7 Å². The van der Waals surface area contributed by atoms with Crippen molar-refractivity contribution in [3.63, 3.8) is 0 Å². The molecule has 4 heteroatoms. The lowest BCUT2D eigenvalue weighted by atomic mass is 9.86. The van der Waals surface area contributed by atoms with Crippen molar-refractivity contribution in [3.8, 4) is 0 Å². The van der Waals surface area contributed by atoms with Gasteiger partial charge in [0, 0.05) is 5.69 Å². The Bertz CT molecular complexity index is 376. The molecule has 0 atom stereocenters. The Kier molecular flexibility index (Phi) is 2.94. The number of carbonyl (C=O) groups is 1. The monoisotopic (exact) mass is 221 g/mol. The summed E-state index contributed by atoms with van der Waals surface area (Å²) in [6, 6.07) is 7.55. The van der Waals surface area contributed by atoms with Gasteiger partial charge in [-0.2, -0.15) is 0 Å². The van der Waals surface area contributed by atoms with Crippen LogP contribution in [0.3, 0.4) is 0 Å². The lowest BCUT2D eigenvalue weighted by Crippen LogP contribution is -2.54. The van der Waals surface area contributed by atoms with Gasteiger partial charge in [-0.25, -0.2) is 0 Å². The van der Waals surface area contributed by atoms with Crippen LogP contribution in [-0.2, 0) is 9.53 Å². The SMILES string of the molecule is Cc1ccc(NC(=O)C2(CO)COC2)cc1. The van der Waals surface area contributed by atoms with Crippen LogP contribution in [0.1, 0.15) is 5.56 Å². The van der Waals surface area contributed by atoms with Gasteiger partial charge in [0.05, 0.1) is 19.8 Å². The molecule has 0 saturated carbocycles. The van der Waals surface area contributed by atoms with Gasteiger partial charge >= 0.3 is 0 Å². The summed E-state index contributed by atoms with van der Waals surface area (Å²) in [5.74, 6) is -0.176. The minimum Gasteiger partial charge on any atom is -0.395 e. The predicted molar refractivity (Wildman–Crippen MR) is 60.1 cm³/mol. The van der Waals surface area contributed by atoms with Gasteiger partial charge in [-0.3, -0.25) is 4.79 Å². The van der Waals surface area contributed by atoms with Gasteiger partial charge in [0.1, 0.15) is 5.41 Å². The third-order valence-corrected chi connectivity index (χ3v) is 2.85. The van der Waals surface area contributed by atoms with E-state index < -0.39 is 5.41 Å². The van der Waals surface area contributed by atoms with Crippen molar-refractivity contribution in [2.75, 3.05) is 25.1 Å². The molecule has 1 aliphatic rings. The Balaban J connectivity index is 2.04. The summed E-state index contributed by atoms with van der Waals surface area (Å²) in [7, 11) is 0. The number of amides is 1. The van der Waals surface area contributed by atoms with Crippen molar-refractivity contribution >= 4 is 11.6 Å². The van der Waals surface area contributed by atoms with E-state index in [2.05, 4.69) is 5.32 Å². The molecule has 0 spiro atoms. The molecule has 0 bridgehead atoms. The molecule has 1 amide bonds. The first-order chi connectivity index (χ1) is 7.66. The zero-order chi connectivity index (χ0) is 11.6. The third kappa shape index (κ3) is 1.94. The zero-order valence-corrected chi connectivity index (χ0v) is 9.19. The highest BCUT2D eigenvalue weighted by molar-refractivity contribution is 5.96. The van der Waals surface area contributed by atoms with Crippen LogP contribution >= 0.6 is 0 Å². The van der Waals surface area contributed by atoms with E-state index in [-0.39, 0.29) is 12.5 Å². The molecule has 1 aromatic rings. The number of benzene rings is 1. The number of anilines is 1. The van der Waals surface area contributed by atoms with Crippen LogP contribution in [0.2, 0.25) is 0 Å². The molecule has 1 saturated heterocycles. The highest BCUT2D eigenvalue weighted by Crippen LogP contribution is 2.28. The first-order valence-corrected chi connectivity index (χ1v) is 5.23. The molecular weight excluding hydrogens is 206 g/mol. The number of aliphatic hydroxyl groups is 1. The summed E-state index contributed by atoms with van der Waals surface area (Å²) in [6.45, 7) is 2.40. The first-order valence-electron chi connectivity index (χ1n) is 5.23. The maximum Gasteiger partial charge on any atom is 0.237 e. The van der Waals surface area contributed by atoms with Crippen LogP contribution in [-0.4, -0.2) is 30.8 Å². The Morgan fingerprint density at radius 1 is 1.44 bits per heavy atom. The maximum atomic E-state index is 11.9. The van der Waals surface area contributed by atoms with Crippen LogP contribution in [0.15, 0.2) is 24.3 Å². The largest absolute Gasteiger partial charge is 0.395 e.